The molecule has 0 spiro atoms. The van der Waals surface area contributed by atoms with E-state index in [0.717, 1.165) is 11.1 Å². The van der Waals surface area contributed by atoms with Crippen LogP contribution in [0.3, 0.4) is 0 Å². The zero-order valence-corrected chi connectivity index (χ0v) is 16.5. The number of rotatable bonds is 4. The highest BCUT2D eigenvalue weighted by Crippen LogP contribution is 2.21. The summed E-state index contributed by atoms with van der Waals surface area (Å²) < 4.78 is 3.19. The minimum Gasteiger partial charge on any atom is -0.325 e. The number of aromatic nitrogens is 4. The van der Waals surface area contributed by atoms with E-state index in [4.69, 9.17) is 0 Å². The number of amides is 1. The molecule has 0 aliphatic carbocycles. The van der Waals surface area contributed by atoms with E-state index < -0.39 is 0 Å². The van der Waals surface area contributed by atoms with Crippen molar-refractivity contribution in [2.24, 2.45) is 7.05 Å². The molecule has 8 heteroatoms. The molecule has 2 aromatic carbocycles. The van der Waals surface area contributed by atoms with Crippen molar-refractivity contribution in [3.8, 4) is 11.1 Å². The third-order valence-electron chi connectivity index (χ3n) is 4.36. The molecule has 4 rings (SSSR count). The van der Waals surface area contributed by atoms with Crippen LogP contribution >= 0.6 is 15.9 Å². The Morgan fingerprint density at radius 3 is 2.46 bits per heavy atom. The quantitative estimate of drug-likeness (QED) is 0.531. The molecule has 0 bridgehead atoms. The van der Waals surface area contributed by atoms with Gasteiger partial charge in [0, 0.05) is 12.7 Å². The molecule has 2 heterocycles. The summed E-state index contributed by atoms with van der Waals surface area (Å²) in [6.07, 6.45) is 1.36. The van der Waals surface area contributed by atoms with Gasteiger partial charge >= 0.3 is 0 Å². The van der Waals surface area contributed by atoms with E-state index >= 15 is 0 Å². The van der Waals surface area contributed by atoms with Crippen LogP contribution in [0.1, 0.15) is 0 Å². The lowest BCUT2D eigenvalue weighted by Gasteiger charge is -2.08. The molecular weight excluding hydrogens is 422 g/mol. The molecule has 0 aliphatic rings. The van der Waals surface area contributed by atoms with Gasteiger partial charge in [-0.05, 0) is 39.2 Å². The molecule has 28 heavy (non-hydrogen) atoms. The van der Waals surface area contributed by atoms with Crippen LogP contribution in [0, 0.1) is 0 Å². The van der Waals surface area contributed by atoms with Crippen molar-refractivity contribution in [1.82, 2.24) is 19.3 Å². The SMILES string of the molecule is Cn1nc(Br)c2c(=O)n(CC(=O)Nc3ccc(-c4ccccc4)cc3)cnc21. The predicted molar refractivity (Wildman–Crippen MR) is 111 cm³/mol. The molecule has 1 amide bonds. The summed E-state index contributed by atoms with van der Waals surface area (Å²) in [5.41, 5.74) is 2.97. The largest absolute Gasteiger partial charge is 0.325 e. The number of aryl methyl sites for hydroxylation is 1. The van der Waals surface area contributed by atoms with Gasteiger partial charge < -0.3 is 5.32 Å². The number of nitrogens with one attached hydrogen (secondary N) is 1. The van der Waals surface area contributed by atoms with E-state index in [9.17, 15) is 9.59 Å². The van der Waals surface area contributed by atoms with Crippen LogP contribution in [-0.2, 0) is 18.4 Å². The Hall–Kier alpha value is -3.26. The molecule has 0 radical (unpaired) electrons. The van der Waals surface area contributed by atoms with Gasteiger partial charge in [0.2, 0.25) is 5.91 Å². The van der Waals surface area contributed by atoms with Crippen molar-refractivity contribution in [2.45, 2.75) is 6.54 Å². The van der Waals surface area contributed by atoms with Gasteiger partial charge in [-0.25, -0.2) is 9.67 Å². The van der Waals surface area contributed by atoms with E-state index in [1.807, 2.05) is 54.6 Å². The van der Waals surface area contributed by atoms with Crippen LogP contribution in [0.5, 0.6) is 0 Å². The maximum absolute atomic E-state index is 12.6. The number of halogens is 1. The molecule has 0 fully saturated rings. The topological polar surface area (TPSA) is 81.8 Å². The minimum atomic E-state index is -0.320. The van der Waals surface area contributed by atoms with Crippen LogP contribution in [-0.4, -0.2) is 25.2 Å². The maximum Gasteiger partial charge on any atom is 0.266 e. The molecular formula is C20H16BrN5O2. The molecule has 0 saturated heterocycles. The second kappa shape index (κ2) is 7.40. The van der Waals surface area contributed by atoms with Gasteiger partial charge in [-0.2, -0.15) is 5.10 Å². The van der Waals surface area contributed by atoms with E-state index in [0.29, 0.717) is 21.3 Å². The van der Waals surface area contributed by atoms with Crippen molar-refractivity contribution in [3.05, 3.63) is 75.9 Å². The highest BCUT2D eigenvalue weighted by atomic mass is 79.9. The summed E-state index contributed by atoms with van der Waals surface area (Å²) >= 11 is 3.26. The van der Waals surface area contributed by atoms with Crippen molar-refractivity contribution < 1.29 is 4.79 Å². The van der Waals surface area contributed by atoms with Gasteiger partial charge in [0.25, 0.3) is 5.56 Å². The number of fused-ring (bicyclic) bond motifs is 1. The summed E-state index contributed by atoms with van der Waals surface area (Å²) in [6, 6.07) is 17.5. The third-order valence-corrected chi connectivity index (χ3v) is 4.91. The number of carbonyl (C=O) groups excluding carboxylic acids is 1. The normalized spacial score (nSPS) is 10.9. The maximum atomic E-state index is 12.6. The number of carbonyl (C=O) groups is 1. The first-order valence-electron chi connectivity index (χ1n) is 8.56. The summed E-state index contributed by atoms with van der Waals surface area (Å²) in [4.78, 5) is 29.2. The zero-order valence-electron chi connectivity index (χ0n) is 15.0. The molecule has 0 saturated carbocycles. The van der Waals surface area contributed by atoms with Gasteiger partial charge in [-0.3, -0.25) is 14.2 Å². The van der Waals surface area contributed by atoms with Crippen LogP contribution < -0.4 is 10.9 Å². The predicted octanol–water partition coefficient (Wildman–Crippen LogP) is 3.20. The van der Waals surface area contributed by atoms with Gasteiger partial charge in [0.05, 0.1) is 0 Å². The van der Waals surface area contributed by atoms with Crippen LogP contribution in [0.15, 0.2) is 70.3 Å². The summed E-state index contributed by atoms with van der Waals surface area (Å²) in [7, 11) is 1.70. The molecule has 0 atom stereocenters. The number of hydrogen-bond acceptors (Lipinski definition) is 4. The summed E-state index contributed by atoms with van der Waals surface area (Å²) in [6.45, 7) is -0.135. The number of anilines is 1. The highest BCUT2D eigenvalue weighted by molar-refractivity contribution is 9.10. The molecule has 0 aliphatic heterocycles. The van der Waals surface area contributed by atoms with Crippen molar-refractivity contribution in [1.29, 1.82) is 0 Å². The van der Waals surface area contributed by atoms with Crippen LogP contribution in [0.2, 0.25) is 0 Å². The Labute approximate surface area is 168 Å². The van der Waals surface area contributed by atoms with Gasteiger partial charge in [0.1, 0.15) is 22.9 Å². The van der Waals surface area contributed by atoms with E-state index in [-0.39, 0.29) is 18.0 Å². The Bertz CT molecular complexity index is 1210. The van der Waals surface area contributed by atoms with Gasteiger partial charge in [-0.1, -0.05) is 42.5 Å². The fourth-order valence-corrected chi connectivity index (χ4v) is 3.56. The monoisotopic (exact) mass is 437 g/mol. The van der Waals surface area contributed by atoms with Crippen molar-refractivity contribution in [3.63, 3.8) is 0 Å². The minimum absolute atomic E-state index is 0.135. The first kappa shape index (κ1) is 18.1. The van der Waals surface area contributed by atoms with Crippen molar-refractivity contribution >= 4 is 38.6 Å². The van der Waals surface area contributed by atoms with Gasteiger partial charge in [0.15, 0.2) is 5.65 Å². The molecule has 4 aromatic rings. The lowest BCUT2D eigenvalue weighted by atomic mass is 10.1. The van der Waals surface area contributed by atoms with E-state index in [1.165, 1.54) is 15.6 Å². The summed E-state index contributed by atoms with van der Waals surface area (Å²) in [5.74, 6) is -0.310. The second-order valence-corrected chi connectivity index (χ2v) is 7.03. The Morgan fingerprint density at radius 1 is 1.07 bits per heavy atom. The first-order chi connectivity index (χ1) is 13.5. The standard InChI is InChI=1S/C20H16BrN5O2/c1-25-19-17(18(21)24-25)20(28)26(12-22-19)11-16(27)23-15-9-7-14(8-10-15)13-5-3-2-4-6-13/h2-10,12H,11H2,1H3,(H,23,27). The fourth-order valence-electron chi connectivity index (χ4n) is 2.98. The average Bonchev–Trinajstić information content (AvgIpc) is 2.99. The third kappa shape index (κ3) is 3.46. The fraction of sp³-hybridized carbons (Fsp3) is 0.100. The Morgan fingerprint density at radius 2 is 1.75 bits per heavy atom. The highest BCUT2D eigenvalue weighted by Gasteiger charge is 2.15. The Kier molecular flexibility index (Phi) is 4.79. The van der Waals surface area contributed by atoms with E-state index in [2.05, 4.69) is 31.3 Å². The smallest absolute Gasteiger partial charge is 0.266 e. The lowest BCUT2D eigenvalue weighted by Crippen LogP contribution is -2.28. The number of hydrogen-bond donors (Lipinski definition) is 1. The molecule has 1 N–H and O–H groups in total. The molecule has 2 aromatic heterocycles. The number of nitrogens with zero attached hydrogens (tertiary/aromatic N) is 4. The number of benzene rings is 2. The average molecular weight is 438 g/mol. The molecule has 0 unspecified atom stereocenters. The van der Waals surface area contributed by atoms with Gasteiger partial charge in [-0.15, -0.1) is 0 Å². The first-order valence-corrected chi connectivity index (χ1v) is 9.35. The lowest BCUT2D eigenvalue weighted by molar-refractivity contribution is -0.116. The molecule has 140 valence electrons. The van der Waals surface area contributed by atoms with Crippen molar-refractivity contribution in [2.75, 3.05) is 5.32 Å². The second-order valence-electron chi connectivity index (χ2n) is 6.28. The Balaban J connectivity index is 1.50. The van der Waals surface area contributed by atoms with Crippen LogP contribution in [0.4, 0.5) is 5.69 Å². The van der Waals surface area contributed by atoms with E-state index in [1.54, 1.807) is 7.05 Å². The molecule has 7 nitrogen and oxygen atoms in total. The summed E-state index contributed by atoms with van der Waals surface area (Å²) in [5, 5.41) is 7.29. The van der Waals surface area contributed by atoms with Crippen LogP contribution in [0.25, 0.3) is 22.2 Å². The zero-order chi connectivity index (χ0) is 19.7.